The average Bonchev–Trinajstić information content (AvgIpc) is 3.17. The molecule has 3 aromatic rings. The molecule has 0 saturated heterocycles. The van der Waals surface area contributed by atoms with Crippen LogP contribution in [0.5, 0.6) is 0 Å². The van der Waals surface area contributed by atoms with Crippen molar-refractivity contribution in [2.75, 3.05) is 5.32 Å². The molecular formula is C16H11FN2S2. The van der Waals surface area contributed by atoms with Crippen LogP contribution in [0.15, 0.2) is 47.2 Å². The molecule has 2 nitrogen and oxygen atoms in total. The molecule has 0 spiro atoms. The van der Waals surface area contributed by atoms with Gasteiger partial charge < -0.3 is 5.32 Å². The van der Waals surface area contributed by atoms with Crippen LogP contribution in [0.1, 0.15) is 10.4 Å². The maximum Gasteiger partial charge on any atom is 0.141 e. The van der Waals surface area contributed by atoms with Crippen molar-refractivity contribution in [3.63, 3.8) is 0 Å². The molecule has 1 aromatic carbocycles. The van der Waals surface area contributed by atoms with Gasteiger partial charge in [-0.2, -0.15) is 5.26 Å². The van der Waals surface area contributed by atoms with Crippen LogP contribution in [-0.2, 0) is 6.54 Å². The molecule has 0 unspecified atom stereocenters. The Morgan fingerprint density at radius 2 is 2.10 bits per heavy atom. The standard InChI is InChI=1S/C16H11FN2S2/c17-15-4-3-13(6-11(15)8-18)19-9-14-7-12(10-21-14)16-2-1-5-20-16/h1-7,10,19H,9H2. The Balaban J connectivity index is 1.70. The lowest BCUT2D eigenvalue weighted by molar-refractivity contribution is 0.624. The van der Waals surface area contributed by atoms with E-state index < -0.39 is 5.82 Å². The molecule has 104 valence electrons. The maximum absolute atomic E-state index is 13.2. The second-order valence-electron chi connectivity index (χ2n) is 4.44. The van der Waals surface area contributed by atoms with E-state index in [0.717, 1.165) is 5.69 Å². The number of nitriles is 1. The molecule has 5 heteroatoms. The number of nitrogens with one attached hydrogen (secondary N) is 1. The average molecular weight is 314 g/mol. The summed E-state index contributed by atoms with van der Waals surface area (Å²) in [4.78, 5) is 2.45. The molecule has 0 aliphatic carbocycles. The Hall–Kier alpha value is -2.16. The van der Waals surface area contributed by atoms with Crippen molar-refractivity contribution in [3.05, 3.63) is 63.4 Å². The number of hydrogen-bond donors (Lipinski definition) is 1. The van der Waals surface area contributed by atoms with Gasteiger partial charge in [0.15, 0.2) is 0 Å². The van der Waals surface area contributed by atoms with Gasteiger partial charge in [0.2, 0.25) is 0 Å². The normalized spacial score (nSPS) is 10.3. The van der Waals surface area contributed by atoms with Crippen molar-refractivity contribution in [2.45, 2.75) is 6.54 Å². The highest BCUT2D eigenvalue weighted by Crippen LogP contribution is 2.29. The Labute approximate surface area is 130 Å². The van der Waals surface area contributed by atoms with E-state index in [1.807, 2.05) is 12.1 Å². The number of hydrogen-bond acceptors (Lipinski definition) is 4. The molecule has 2 aromatic heterocycles. The summed E-state index contributed by atoms with van der Waals surface area (Å²) in [7, 11) is 0. The van der Waals surface area contributed by atoms with Crippen LogP contribution >= 0.6 is 22.7 Å². The first-order chi connectivity index (χ1) is 10.3. The van der Waals surface area contributed by atoms with Crippen molar-refractivity contribution in [3.8, 4) is 16.5 Å². The van der Waals surface area contributed by atoms with Crippen molar-refractivity contribution in [2.24, 2.45) is 0 Å². The van der Waals surface area contributed by atoms with Gasteiger partial charge in [0.25, 0.3) is 0 Å². The summed E-state index contributed by atoms with van der Waals surface area (Å²) >= 11 is 3.40. The van der Waals surface area contributed by atoms with Gasteiger partial charge in [-0.1, -0.05) is 6.07 Å². The van der Waals surface area contributed by atoms with Crippen LogP contribution in [0.2, 0.25) is 0 Å². The summed E-state index contributed by atoms with van der Waals surface area (Å²) in [5.41, 5.74) is 2.04. The Morgan fingerprint density at radius 1 is 1.19 bits per heavy atom. The summed E-state index contributed by atoms with van der Waals surface area (Å²) in [6.07, 6.45) is 0. The highest BCUT2D eigenvalue weighted by molar-refractivity contribution is 7.14. The van der Waals surface area contributed by atoms with E-state index in [1.54, 1.807) is 28.7 Å². The van der Waals surface area contributed by atoms with Crippen LogP contribution in [-0.4, -0.2) is 0 Å². The highest BCUT2D eigenvalue weighted by Gasteiger charge is 2.05. The minimum Gasteiger partial charge on any atom is -0.380 e. The van der Waals surface area contributed by atoms with E-state index in [1.165, 1.54) is 27.5 Å². The van der Waals surface area contributed by atoms with Crippen LogP contribution < -0.4 is 5.32 Å². The molecule has 0 radical (unpaired) electrons. The Kier molecular flexibility index (Phi) is 4.00. The number of anilines is 1. The van der Waals surface area contributed by atoms with E-state index in [0.29, 0.717) is 6.54 Å². The first-order valence-electron chi connectivity index (χ1n) is 6.31. The monoisotopic (exact) mass is 314 g/mol. The SMILES string of the molecule is N#Cc1cc(NCc2cc(-c3cccs3)cs2)ccc1F. The summed E-state index contributed by atoms with van der Waals surface area (Å²) in [5.74, 6) is -0.487. The summed E-state index contributed by atoms with van der Waals surface area (Å²) < 4.78 is 13.2. The molecule has 0 atom stereocenters. The number of benzene rings is 1. The van der Waals surface area contributed by atoms with Gasteiger partial charge in [-0.3, -0.25) is 0 Å². The Morgan fingerprint density at radius 3 is 2.86 bits per heavy atom. The third-order valence-electron chi connectivity index (χ3n) is 3.01. The molecule has 0 bridgehead atoms. The third kappa shape index (κ3) is 3.13. The van der Waals surface area contributed by atoms with Gasteiger partial charge in [0, 0.05) is 27.5 Å². The predicted molar refractivity (Wildman–Crippen MR) is 86.1 cm³/mol. The van der Waals surface area contributed by atoms with Gasteiger partial charge in [-0.05, 0) is 41.1 Å². The fourth-order valence-corrected chi connectivity index (χ4v) is 3.57. The molecule has 0 aliphatic rings. The second kappa shape index (κ2) is 6.08. The fourth-order valence-electron chi connectivity index (χ4n) is 1.96. The quantitative estimate of drug-likeness (QED) is 0.727. The Bertz CT molecular complexity index is 785. The second-order valence-corrected chi connectivity index (χ2v) is 6.38. The minimum atomic E-state index is -0.487. The first kappa shape index (κ1) is 13.8. The van der Waals surface area contributed by atoms with Crippen LogP contribution in [0.4, 0.5) is 10.1 Å². The summed E-state index contributed by atoms with van der Waals surface area (Å²) in [6, 6.07) is 12.6. The third-order valence-corrected chi connectivity index (χ3v) is 4.87. The van der Waals surface area contributed by atoms with Crippen molar-refractivity contribution in [1.82, 2.24) is 0 Å². The van der Waals surface area contributed by atoms with E-state index in [4.69, 9.17) is 5.26 Å². The molecule has 0 saturated carbocycles. The van der Waals surface area contributed by atoms with E-state index in [2.05, 4.69) is 28.2 Å². The van der Waals surface area contributed by atoms with Crippen LogP contribution in [0.25, 0.3) is 10.4 Å². The molecule has 0 aliphatic heterocycles. The number of thiophene rings is 2. The van der Waals surface area contributed by atoms with Crippen LogP contribution in [0, 0.1) is 17.1 Å². The fraction of sp³-hybridized carbons (Fsp3) is 0.0625. The smallest absolute Gasteiger partial charge is 0.141 e. The molecule has 2 heterocycles. The lowest BCUT2D eigenvalue weighted by atomic mass is 10.2. The molecule has 0 fully saturated rings. The van der Waals surface area contributed by atoms with Crippen molar-refractivity contribution >= 4 is 28.4 Å². The van der Waals surface area contributed by atoms with Crippen molar-refractivity contribution in [1.29, 1.82) is 5.26 Å². The van der Waals surface area contributed by atoms with Gasteiger partial charge in [-0.15, -0.1) is 22.7 Å². The largest absolute Gasteiger partial charge is 0.380 e. The van der Waals surface area contributed by atoms with E-state index >= 15 is 0 Å². The van der Waals surface area contributed by atoms with E-state index in [-0.39, 0.29) is 5.56 Å². The lowest BCUT2D eigenvalue weighted by Gasteiger charge is -2.05. The maximum atomic E-state index is 13.2. The lowest BCUT2D eigenvalue weighted by Crippen LogP contribution is -1.98. The zero-order valence-corrected chi connectivity index (χ0v) is 12.6. The number of halogens is 1. The van der Waals surface area contributed by atoms with Gasteiger partial charge in [-0.25, -0.2) is 4.39 Å². The van der Waals surface area contributed by atoms with Gasteiger partial charge in [0.1, 0.15) is 11.9 Å². The highest BCUT2D eigenvalue weighted by atomic mass is 32.1. The van der Waals surface area contributed by atoms with Crippen LogP contribution in [0.3, 0.4) is 0 Å². The molecule has 0 amide bonds. The molecule has 21 heavy (non-hydrogen) atoms. The minimum absolute atomic E-state index is 0.0606. The number of rotatable bonds is 4. The first-order valence-corrected chi connectivity index (χ1v) is 8.07. The van der Waals surface area contributed by atoms with Gasteiger partial charge in [0.05, 0.1) is 5.56 Å². The number of nitrogens with zero attached hydrogens (tertiary/aromatic N) is 1. The van der Waals surface area contributed by atoms with Gasteiger partial charge >= 0.3 is 0 Å². The zero-order valence-electron chi connectivity index (χ0n) is 11.0. The molecular weight excluding hydrogens is 303 g/mol. The molecule has 3 rings (SSSR count). The van der Waals surface area contributed by atoms with E-state index in [9.17, 15) is 4.39 Å². The zero-order chi connectivity index (χ0) is 14.7. The molecule has 1 N–H and O–H groups in total. The summed E-state index contributed by atoms with van der Waals surface area (Å²) in [6.45, 7) is 0.659. The predicted octanol–water partition coefficient (Wildman–Crippen LogP) is 5.10. The van der Waals surface area contributed by atoms with Crippen molar-refractivity contribution < 1.29 is 4.39 Å². The summed E-state index contributed by atoms with van der Waals surface area (Å²) in [5, 5.41) is 16.2. The topological polar surface area (TPSA) is 35.8 Å².